The van der Waals surface area contributed by atoms with E-state index in [2.05, 4.69) is 88.5 Å². The summed E-state index contributed by atoms with van der Waals surface area (Å²) in [4.78, 5) is 9.93. The summed E-state index contributed by atoms with van der Waals surface area (Å²) in [6, 6.07) is 10.6. The van der Waals surface area contributed by atoms with Crippen LogP contribution in [0.5, 0.6) is 0 Å². The maximum absolute atomic E-state index is 4.41. The molecule has 0 amide bonds. The predicted molar refractivity (Wildman–Crippen MR) is 105 cm³/mol. The van der Waals surface area contributed by atoms with Gasteiger partial charge in [-0.05, 0) is 42.7 Å². The quantitative estimate of drug-likeness (QED) is 0.555. The van der Waals surface area contributed by atoms with Crippen LogP contribution in [0.25, 0.3) is 10.9 Å². The minimum absolute atomic E-state index is 0.829. The van der Waals surface area contributed by atoms with Crippen LogP contribution in [0.3, 0.4) is 0 Å². The number of hydrogen-bond donors (Lipinski definition) is 2. The Bertz CT molecular complexity index is 871. The molecule has 0 spiro atoms. The number of rotatable bonds is 5. The van der Waals surface area contributed by atoms with Crippen LogP contribution in [0, 0.1) is 6.92 Å². The number of aromatic nitrogens is 2. The Morgan fingerprint density at radius 2 is 2.12 bits per heavy atom. The molecule has 3 aromatic rings. The molecule has 5 nitrogen and oxygen atoms in total. The lowest BCUT2D eigenvalue weighted by Gasteiger charge is -2.22. The molecule has 0 aliphatic carbocycles. The van der Waals surface area contributed by atoms with Crippen LogP contribution < -0.4 is 5.32 Å². The van der Waals surface area contributed by atoms with Gasteiger partial charge in [0.2, 0.25) is 0 Å². The van der Waals surface area contributed by atoms with Gasteiger partial charge in [0.15, 0.2) is 5.96 Å². The number of nitrogens with one attached hydrogen (secondary N) is 2. The Balaban J connectivity index is 1.60. The van der Waals surface area contributed by atoms with Crippen molar-refractivity contribution in [2.45, 2.75) is 19.9 Å². The molecular weight excluding hydrogens is 310 g/mol. The third kappa shape index (κ3) is 3.71. The first kappa shape index (κ1) is 17.1. The molecule has 1 aromatic carbocycles. The average molecular weight is 337 g/mol. The van der Waals surface area contributed by atoms with Gasteiger partial charge in [0.1, 0.15) is 0 Å². The molecule has 0 saturated carbocycles. The summed E-state index contributed by atoms with van der Waals surface area (Å²) < 4.78 is 2.14. The Kier molecular flexibility index (Phi) is 5.12. The number of aliphatic imine (C=N–C) groups is 1. The lowest BCUT2D eigenvalue weighted by atomic mass is 10.1. The van der Waals surface area contributed by atoms with Gasteiger partial charge in [-0.2, -0.15) is 0 Å². The van der Waals surface area contributed by atoms with Crippen LogP contribution >= 0.6 is 0 Å². The highest BCUT2D eigenvalue weighted by Crippen LogP contribution is 2.22. The zero-order valence-corrected chi connectivity index (χ0v) is 15.5. The molecule has 2 aromatic heterocycles. The number of guanidine groups is 1. The van der Waals surface area contributed by atoms with Crippen LogP contribution in [0.4, 0.5) is 0 Å². The van der Waals surface area contributed by atoms with Gasteiger partial charge in [0.05, 0.1) is 6.54 Å². The van der Waals surface area contributed by atoms with Crippen molar-refractivity contribution in [2.75, 3.05) is 20.6 Å². The van der Waals surface area contributed by atoms with Crippen molar-refractivity contribution in [3.8, 4) is 0 Å². The maximum Gasteiger partial charge on any atom is 0.193 e. The molecular formula is C20H27N5. The number of H-pyrrole nitrogens is 1. The first-order valence-corrected chi connectivity index (χ1v) is 8.67. The average Bonchev–Trinajstić information content (AvgIpc) is 3.19. The predicted octanol–water partition coefficient (Wildman–Crippen LogP) is 3.06. The van der Waals surface area contributed by atoms with Crippen molar-refractivity contribution in [3.05, 3.63) is 59.5 Å². The summed E-state index contributed by atoms with van der Waals surface area (Å²) >= 11 is 0. The molecule has 0 unspecified atom stereocenters. The monoisotopic (exact) mass is 337 g/mol. The first-order valence-electron chi connectivity index (χ1n) is 8.67. The van der Waals surface area contributed by atoms with Gasteiger partial charge in [0.25, 0.3) is 0 Å². The Morgan fingerprint density at radius 1 is 1.28 bits per heavy atom. The normalized spacial score (nSPS) is 11.9. The van der Waals surface area contributed by atoms with Crippen LogP contribution in [0.1, 0.15) is 16.8 Å². The van der Waals surface area contributed by atoms with Gasteiger partial charge in [-0.15, -0.1) is 0 Å². The van der Waals surface area contributed by atoms with E-state index in [9.17, 15) is 0 Å². The lowest BCUT2D eigenvalue weighted by molar-refractivity contribution is 0.462. The fourth-order valence-corrected chi connectivity index (χ4v) is 3.32. The molecule has 5 heteroatoms. The van der Waals surface area contributed by atoms with Crippen LogP contribution in [-0.2, 0) is 20.0 Å². The molecule has 25 heavy (non-hydrogen) atoms. The standard InChI is InChI=1S/C20H27N5/c1-15-7-5-9-18-19(15)16(13-23-18)10-11-22-20(21-2)25(4)14-17-8-6-12-24(17)3/h5-9,12-13,23H,10-11,14H2,1-4H3,(H,21,22). The zero-order chi connectivity index (χ0) is 17.8. The van der Waals surface area contributed by atoms with Crippen LogP contribution in [0.2, 0.25) is 0 Å². The van der Waals surface area contributed by atoms with Gasteiger partial charge >= 0.3 is 0 Å². The van der Waals surface area contributed by atoms with Crippen molar-refractivity contribution < 1.29 is 0 Å². The number of aromatic amines is 1. The molecule has 0 aliphatic rings. The summed E-state index contributed by atoms with van der Waals surface area (Å²) in [6.07, 6.45) is 5.15. The highest BCUT2D eigenvalue weighted by atomic mass is 15.3. The third-order valence-corrected chi connectivity index (χ3v) is 4.70. The number of aryl methyl sites for hydroxylation is 2. The van der Waals surface area contributed by atoms with E-state index in [1.165, 1.54) is 27.7 Å². The van der Waals surface area contributed by atoms with Crippen molar-refractivity contribution in [2.24, 2.45) is 12.0 Å². The molecule has 2 N–H and O–H groups in total. The summed E-state index contributed by atoms with van der Waals surface area (Å²) in [5.41, 5.74) is 5.14. The molecule has 0 radical (unpaired) electrons. The SMILES string of the molecule is CN=C(NCCc1c[nH]c2cccc(C)c12)N(C)Cc1cccn1C. The maximum atomic E-state index is 4.41. The minimum Gasteiger partial charge on any atom is -0.361 e. The molecule has 3 rings (SSSR count). The van der Waals surface area contributed by atoms with Crippen LogP contribution in [-0.4, -0.2) is 41.1 Å². The number of hydrogen-bond acceptors (Lipinski definition) is 1. The molecule has 2 heterocycles. The van der Waals surface area contributed by atoms with Crippen molar-refractivity contribution >= 4 is 16.9 Å². The van der Waals surface area contributed by atoms with Gasteiger partial charge < -0.3 is 19.8 Å². The summed E-state index contributed by atoms with van der Waals surface area (Å²) in [6.45, 7) is 3.85. The summed E-state index contributed by atoms with van der Waals surface area (Å²) in [7, 11) is 5.97. The van der Waals surface area contributed by atoms with Gasteiger partial charge in [-0.1, -0.05) is 12.1 Å². The molecule has 0 fully saturated rings. The Labute approximate surface area is 149 Å². The number of nitrogens with zero attached hydrogens (tertiary/aromatic N) is 3. The fourth-order valence-electron chi connectivity index (χ4n) is 3.32. The van der Waals surface area contributed by atoms with Crippen molar-refractivity contribution in [1.82, 2.24) is 19.8 Å². The summed E-state index contributed by atoms with van der Waals surface area (Å²) in [5, 5.41) is 4.82. The second-order valence-electron chi connectivity index (χ2n) is 6.50. The molecule has 0 bridgehead atoms. The zero-order valence-electron chi connectivity index (χ0n) is 15.5. The van der Waals surface area contributed by atoms with E-state index in [1.807, 2.05) is 7.05 Å². The molecule has 0 atom stereocenters. The lowest BCUT2D eigenvalue weighted by Crippen LogP contribution is -2.39. The van der Waals surface area contributed by atoms with Crippen molar-refractivity contribution in [1.29, 1.82) is 0 Å². The minimum atomic E-state index is 0.829. The Morgan fingerprint density at radius 3 is 2.84 bits per heavy atom. The summed E-state index contributed by atoms with van der Waals surface area (Å²) in [5.74, 6) is 0.915. The Hall–Kier alpha value is -2.69. The number of fused-ring (bicyclic) bond motifs is 1. The highest BCUT2D eigenvalue weighted by Gasteiger charge is 2.09. The van der Waals surface area contributed by atoms with E-state index in [0.29, 0.717) is 0 Å². The highest BCUT2D eigenvalue weighted by molar-refractivity contribution is 5.86. The van der Waals surface area contributed by atoms with E-state index < -0.39 is 0 Å². The smallest absolute Gasteiger partial charge is 0.193 e. The molecule has 0 saturated heterocycles. The van der Waals surface area contributed by atoms with E-state index in [0.717, 1.165) is 25.5 Å². The topological polar surface area (TPSA) is 48.4 Å². The second-order valence-corrected chi connectivity index (χ2v) is 6.50. The van der Waals surface area contributed by atoms with Gasteiger partial charge in [0, 0.05) is 56.7 Å². The van der Waals surface area contributed by atoms with Crippen LogP contribution in [0.15, 0.2) is 47.7 Å². The largest absolute Gasteiger partial charge is 0.361 e. The van der Waals surface area contributed by atoms with E-state index >= 15 is 0 Å². The number of benzene rings is 1. The van der Waals surface area contributed by atoms with E-state index in [-0.39, 0.29) is 0 Å². The first-order chi connectivity index (χ1) is 12.1. The second kappa shape index (κ2) is 7.47. The third-order valence-electron chi connectivity index (χ3n) is 4.70. The molecule has 0 aliphatic heterocycles. The fraction of sp³-hybridized carbons (Fsp3) is 0.350. The van der Waals surface area contributed by atoms with Crippen molar-refractivity contribution in [3.63, 3.8) is 0 Å². The molecule has 132 valence electrons. The van der Waals surface area contributed by atoms with Gasteiger partial charge in [-0.3, -0.25) is 4.99 Å². The van der Waals surface area contributed by atoms with Gasteiger partial charge in [-0.25, -0.2) is 0 Å². The van der Waals surface area contributed by atoms with E-state index in [1.54, 1.807) is 0 Å². The van der Waals surface area contributed by atoms with E-state index in [4.69, 9.17) is 0 Å².